The number of rotatable bonds is 8. The van der Waals surface area contributed by atoms with E-state index in [2.05, 4.69) is 4.37 Å². The normalized spacial score (nSPS) is 10.8. The summed E-state index contributed by atoms with van der Waals surface area (Å²) < 4.78 is 43.4. The van der Waals surface area contributed by atoms with E-state index < -0.39 is 23.4 Å². The molecule has 0 amide bonds. The topological polar surface area (TPSA) is 48.4 Å². The first-order valence-electron chi connectivity index (χ1n) is 9.37. The Bertz CT molecular complexity index is 1030. The molecule has 0 fully saturated rings. The van der Waals surface area contributed by atoms with Gasteiger partial charge in [0.1, 0.15) is 11.8 Å². The van der Waals surface area contributed by atoms with Crippen molar-refractivity contribution >= 4 is 29.1 Å². The smallest absolute Gasteiger partial charge is 0.306 e. The average molecular weight is 452 g/mol. The Labute approximate surface area is 182 Å². The molecule has 0 N–H and O–H groups in total. The molecule has 0 spiro atoms. The van der Waals surface area contributed by atoms with Crippen molar-refractivity contribution in [1.82, 2.24) is 4.37 Å². The van der Waals surface area contributed by atoms with Crippen LogP contribution >= 0.6 is 23.1 Å². The van der Waals surface area contributed by atoms with Gasteiger partial charge < -0.3 is 9.47 Å². The first kappa shape index (κ1) is 22.2. The highest BCUT2D eigenvalue weighted by Gasteiger charge is 2.19. The number of carbonyl (C=O) groups excluding carboxylic acids is 1. The molecular weight excluding hydrogens is 432 g/mol. The minimum absolute atomic E-state index is 0.0445. The maximum absolute atomic E-state index is 14.5. The van der Waals surface area contributed by atoms with E-state index in [1.54, 1.807) is 6.92 Å². The summed E-state index contributed by atoms with van der Waals surface area (Å²) in [7, 11) is 0. The molecule has 0 bridgehead atoms. The van der Waals surface area contributed by atoms with Crippen LogP contribution < -0.4 is 4.74 Å². The van der Waals surface area contributed by atoms with Gasteiger partial charge in [-0.2, -0.15) is 4.37 Å². The van der Waals surface area contributed by atoms with E-state index in [4.69, 9.17) is 21.1 Å². The molecule has 1 heterocycles. The lowest BCUT2D eigenvalue weighted by molar-refractivity contribution is -0.143. The van der Waals surface area contributed by atoms with Crippen LogP contribution in [0.15, 0.2) is 36.4 Å². The molecule has 0 aliphatic carbocycles. The Morgan fingerprint density at radius 3 is 2.57 bits per heavy atom. The van der Waals surface area contributed by atoms with Crippen LogP contribution in [0.2, 0.25) is 5.15 Å². The lowest BCUT2D eigenvalue weighted by Crippen LogP contribution is -2.06. The Balaban J connectivity index is 1.76. The zero-order valence-electron chi connectivity index (χ0n) is 16.5. The highest BCUT2D eigenvalue weighted by Crippen LogP contribution is 2.36. The van der Waals surface area contributed by atoms with Crippen LogP contribution in [0, 0.1) is 18.6 Å². The van der Waals surface area contributed by atoms with Gasteiger partial charge in [0.15, 0.2) is 17.4 Å². The molecule has 4 nitrogen and oxygen atoms in total. The lowest BCUT2D eigenvalue weighted by atomic mass is 10.1. The number of hydrogen-bond donors (Lipinski definition) is 0. The molecule has 0 saturated carbocycles. The highest BCUT2D eigenvalue weighted by molar-refractivity contribution is 7.10. The Morgan fingerprint density at radius 1 is 1.20 bits per heavy atom. The second-order valence-corrected chi connectivity index (χ2v) is 7.71. The summed E-state index contributed by atoms with van der Waals surface area (Å²) in [6.45, 7) is 3.79. The van der Waals surface area contributed by atoms with Crippen molar-refractivity contribution in [2.45, 2.75) is 33.3 Å². The molecule has 3 rings (SSSR count). The molecular formula is C22H20ClF2NO3S. The Hall–Kier alpha value is -2.51. The van der Waals surface area contributed by atoms with E-state index in [1.807, 2.05) is 31.2 Å². The Kier molecular flexibility index (Phi) is 7.39. The fraction of sp³-hybridized carbons (Fsp3) is 0.273. The largest absolute Gasteiger partial charge is 0.483 e. The third-order valence-electron chi connectivity index (χ3n) is 4.47. The van der Waals surface area contributed by atoms with Gasteiger partial charge in [-0.15, -0.1) is 0 Å². The van der Waals surface area contributed by atoms with Gasteiger partial charge in [0.05, 0.1) is 11.5 Å². The minimum Gasteiger partial charge on any atom is -0.483 e. The average Bonchev–Trinajstić information content (AvgIpc) is 3.07. The monoisotopic (exact) mass is 451 g/mol. The van der Waals surface area contributed by atoms with Gasteiger partial charge in [0.2, 0.25) is 0 Å². The number of benzene rings is 2. The van der Waals surface area contributed by atoms with Gasteiger partial charge in [-0.3, -0.25) is 4.79 Å². The standard InChI is InChI=1S/C22H20ClF2NO3S/c1-3-28-19(27)9-8-14-10-17(24)20(18(25)11-14)29-12-16-21(30-26-22(16)23)15-7-5-4-6-13(15)2/h4-7,10-11H,3,8-9,12H2,1-2H3. The fourth-order valence-corrected chi connectivity index (χ4v) is 4.16. The van der Waals surface area contributed by atoms with Gasteiger partial charge >= 0.3 is 5.97 Å². The van der Waals surface area contributed by atoms with Crippen LogP contribution in [0.4, 0.5) is 8.78 Å². The summed E-state index contributed by atoms with van der Waals surface area (Å²) in [5, 5.41) is 0.241. The third kappa shape index (κ3) is 5.15. The molecule has 3 aromatic rings. The molecule has 0 unspecified atom stereocenters. The number of esters is 1. The first-order chi connectivity index (χ1) is 14.4. The summed E-state index contributed by atoms with van der Waals surface area (Å²) in [5.74, 6) is -2.59. The molecule has 1 aromatic heterocycles. The third-order valence-corrected chi connectivity index (χ3v) is 5.81. The van der Waals surface area contributed by atoms with Crippen molar-refractivity contribution in [2.24, 2.45) is 0 Å². The molecule has 0 radical (unpaired) electrons. The van der Waals surface area contributed by atoms with E-state index >= 15 is 0 Å². The van der Waals surface area contributed by atoms with Crippen LogP contribution in [0.25, 0.3) is 10.4 Å². The zero-order chi connectivity index (χ0) is 21.7. The predicted octanol–water partition coefficient (Wildman–Crippen LogP) is 6.12. The summed E-state index contributed by atoms with van der Waals surface area (Å²) >= 11 is 7.41. The number of carbonyl (C=O) groups is 1. The van der Waals surface area contributed by atoms with Crippen molar-refractivity contribution < 1.29 is 23.0 Å². The Morgan fingerprint density at radius 2 is 1.90 bits per heavy atom. The van der Waals surface area contributed by atoms with Gasteiger partial charge in [-0.05, 0) is 60.6 Å². The fourth-order valence-electron chi connectivity index (χ4n) is 2.97. The van der Waals surface area contributed by atoms with Crippen LogP contribution in [0.5, 0.6) is 5.75 Å². The van der Waals surface area contributed by atoms with E-state index in [0.29, 0.717) is 11.1 Å². The van der Waals surface area contributed by atoms with Crippen LogP contribution in [0.1, 0.15) is 30.0 Å². The van der Waals surface area contributed by atoms with Crippen molar-refractivity contribution in [2.75, 3.05) is 6.61 Å². The molecule has 2 aromatic carbocycles. The summed E-state index contributed by atoms with van der Waals surface area (Å²) in [6, 6.07) is 10.0. The minimum atomic E-state index is -0.842. The van der Waals surface area contributed by atoms with Gasteiger partial charge in [-0.1, -0.05) is 35.9 Å². The summed E-state index contributed by atoms with van der Waals surface area (Å²) in [4.78, 5) is 12.2. The summed E-state index contributed by atoms with van der Waals surface area (Å²) in [5.41, 5.74) is 2.89. The van der Waals surface area contributed by atoms with Crippen LogP contribution in [-0.4, -0.2) is 16.9 Å². The number of nitrogens with zero attached hydrogens (tertiary/aromatic N) is 1. The number of aromatic nitrogens is 1. The molecule has 8 heteroatoms. The van der Waals surface area contributed by atoms with Gasteiger partial charge in [0.25, 0.3) is 0 Å². The van der Waals surface area contributed by atoms with Crippen molar-refractivity contribution in [1.29, 1.82) is 0 Å². The highest BCUT2D eigenvalue weighted by atomic mass is 35.5. The lowest BCUT2D eigenvalue weighted by Gasteiger charge is -2.11. The molecule has 0 atom stereocenters. The number of halogens is 3. The van der Waals surface area contributed by atoms with Gasteiger partial charge in [0, 0.05) is 12.0 Å². The number of ether oxygens (including phenoxy) is 2. The second-order valence-electron chi connectivity index (χ2n) is 6.58. The van der Waals surface area contributed by atoms with Crippen molar-refractivity contribution in [3.8, 4) is 16.2 Å². The quantitative estimate of drug-likeness (QED) is 0.387. The summed E-state index contributed by atoms with van der Waals surface area (Å²) in [6.07, 6.45) is 0.216. The zero-order valence-corrected chi connectivity index (χ0v) is 18.1. The second kappa shape index (κ2) is 10.00. The van der Waals surface area contributed by atoms with Crippen molar-refractivity contribution in [3.63, 3.8) is 0 Å². The maximum atomic E-state index is 14.5. The number of hydrogen-bond acceptors (Lipinski definition) is 5. The van der Waals surface area contributed by atoms with Gasteiger partial charge in [-0.25, -0.2) is 8.78 Å². The molecule has 158 valence electrons. The van der Waals surface area contributed by atoms with E-state index in [1.165, 1.54) is 11.5 Å². The van der Waals surface area contributed by atoms with Crippen LogP contribution in [-0.2, 0) is 22.6 Å². The first-order valence-corrected chi connectivity index (χ1v) is 10.5. The van der Waals surface area contributed by atoms with E-state index in [9.17, 15) is 13.6 Å². The SMILES string of the molecule is CCOC(=O)CCc1cc(F)c(OCc2c(Cl)nsc2-c2ccccc2C)c(F)c1. The van der Waals surface area contributed by atoms with E-state index in [0.717, 1.165) is 28.1 Å². The molecule has 0 aliphatic rings. The number of aryl methyl sites for hydroxylation is 2. The maximum Gasteiger partial charge on any atom is 0.306 e. The predicted molar refractivity (Wildman–Crippen MR) is 113 cm³/mol. The van der Waals surface area contributed by atoms with E-state index in [-0.39, 0.29) is 31.2 Å². The molecule has 0 aliphatic heterocycles. The molecule has 0 saturated heterocycles. The molecule has 30 heavy (non-hydrogen) atoms. The van der Waals surface area contributed by atoms with Crippen LogP contribution in [0.3, 0.4) is 0 Å². The van der Waals surface area contributed by atoms with Crippen molar-refractivity contribution in [3.05, 3.63) is 69.9 Å².